The number of fused-ring (bicyclic) bond motifs is 1. The molecule has 8 heteroatoms. The summed E-state index contributed by atoms with van der Waals surface area (Å²) in [5.41, 5.74) is 1.42. The van der Waals surface area contributed by atoms with Gasteiger partial charge in [-0.1, -0.05) is 22.9 Å². The molecule has 0 unspecified atom stereocenters. The third-order valence-electron chi connectivity index (χ3n) is 3.90. The maximum Gasteiger partial charge on any atom is 0.282 e. The quantitative estimate of drug-likeness (QED) is 0.281. The van der Waals surface area contributed by atoms with E-state index >= 15 is 0 Å². The molecule has 0 N–H and O–H groups in total. The van der Waals surface area contributed by atoms with E-state index in [1.807, 2.05) is 24.3 Å². The summed E-state index contributed by atoms with van der Waals surface area (Å²) in [6, 6.07) is 9.47. The van der Waals surface area contributed by atoms with Gasteiger partial charge in [0, 0.05) is 10.9 Å². The van der Waals surface area contributed by atoms with E-state index in [0.717, 1.165) is 29.3 Å². The fraction of sp³-hybridized carbons (Fsp3) is 0.211. The lowest BCUT2D eigenvalue weighted by Gasteiger charge is -2.09. The van der Waals surface area contributed by atoms with Crippen molar-refractivity contribution < 1.29 is 4.74 Å². The van der Waals surface area contributed by atoms with Gasteiger partial charge in [0.2, 0.25) is 0 Å². The van der Waals surface area contributed by atoms with Gasteiger partial charge in [0.15, 0.2) is 0 Å². The minimum absolute atomic E-state index is 0.168. The van der Waals surface area contributed by atoms with Gasteiger partial charge < -0.3 is 4.74 Å². The average molecular weight is 652 g/mol. The molecule has 0 saturated carbocycles. The Kier molecular flexibility index (Phi) is 6.90. The average Bonchev–Trinajstić information content (AvgIpc) is 2.62. The van der Waals surface area contributed by atoms with E-state index in [1.165, 1.54) is 4.68 Å². The molecule has 1 heterocycles. The van der Waals surface area contributed by atoms with Gasteiger partial charge in [-0.05, 0) is 87.5 Å². The van der Waals surface area contributed by atoms with Crippen molar-refractivity contribution in [1.29, 1.82) is 0 Å². The fourth-order valence-electron chi connectivity index (χ4n) is 2.67. The molecule has 2 aromatic carbocycles. The van der Waals surface area contributed by atoms with Crippen LogP contribution in [0.5, 0.6) is 5.75 Å². The van der Waals surface area contributed by atoms with Crippen molar-refractivity contribution >= 4 is 78.2 Å². The largest absolute Gasteiger partial charge is 0.495 e. The van der Waals surface area contributed by atoms with Crippen molar-refractivity contribution in [2.75, 3.05) is 7.11 Å². The van der Waals surface area contributed by atoms with Crippen LogP contribution in [0.1, 0.15) is 24.7 Å². The molecule has 3 rings (SSSR count). The highest BCUT2D eigenvalue weighted by Gasteiger charge is 2.11. The Morgan fingerprint density at radius 1 is 1.26 bits per heavy atom. The van der Waals surface area contributed by atoms with E-state index in [4.69, 9.17) is 4.74 Å². The number of methoxy groups -OCH3 is 1. The molecule has 0 aliphatic heterocycles. The van der Waals surface area contributed by atoms with Crippen molar-refractivity contribution in [3.63, 3.8) is 0 Å². The number of rotatable bonds is 5. The minimum atomic E-state index is -0.168. The fourth-order valence-corrected chi connectivity index (χ4v) is 5.29. The first-order valence-electron chi connectivity index (χ1n) is 8.23. The van der Waals surface area contributed by atoms with Crippen molar-refractivity contribution in [3.8, 4) is 5.75 Å². The molecule has 1 aromatic heterocycles. The first kappa shape index (κ1) is 20.7. The highest BCUT2D eigenvalue weighted by molar-refractivity contribution is 14.1. The van der Waals surface area contributed by atoms with Crippen LogP contribution in [0.25, 0.3) is 10.9 Å². The predicted molar refractivity (Wildman–Crippen MR) is 129 cm³/mol. The second kappa shape index (κ2) is 8.99. The van der Waals surface area contributed by atoms with Crippen LogP contribution in [-0.2, 0) is 6.42 Å². The normalized spacial score (nSPS) is 11.4. The molecule has 0 fully saturated rings. The van der Waals surface area contributed by atoms with Crippen molar-refractivity contribution in [2.45, 2.75) is 19.8 Å². The number of aromatic nitrogens is 2. The topological polar surface area (TPSA) is 56.5 Å². The summed E-state index contributed by atoms with van der Waals surface area (Å²) < 4.78 is 9.62. The van der Waals surface area contributed by atoms with Crippen LogP contribution in [-0.4, -0.2) is 23.0 Å². The van der Waals surface area contributed by atoms with Crippen molar-refractivity contribution in [2.24, 2.45) is 5.10 Å². The third-order valence-corrected chi connectivity index (χ3v) is 5.99. The molecule has 0 bridgehead atoms. The molecular formula is C19H16BrI2N3O2. The highest BCUT2D eigenvalue weighted by Crippen LogP contribution is 2.28. The molecule has 0 spiro atoms. The summed E-state index contributed by atoms with van der Waals surface area (Å²) in [4.78, 5) is 17.6. The summed E-state index contributed by atoms with van der Waals surface area (Å²) >= 11 is 7.88. The van der Waals surface area contributed by atoms with Crippen LogP contribution in [0.15, 0.2) is 44.7 Å². The SMILES string of the molecule is CCCc1nc2ccc(Br)cc2c(=O)n1N=Cc1cc(I)c(OC)c(I)c1. The van der Waals surface area contributed by atoms with E-state index in [9.17, 15) is 4.79 Å². The van der Waals surface area contributed by atoms with Crippen LogP contribution in [0.2, 0.25) is 0 Å². The highest BCUT2D eigenvalue weighted by atomic mass is 127. The van der Waals surface area contributed by atoms with Gasteiger partial charge in [-0.25, -0.2) is 4.98 Å². The van der Waals surface area contributed by atoms with E-state index < -0.39 is 0 Å². The molecule has 0 radical (unpaired) electrons. The van der Waals surface area contributed by atoms with Gasteiger partial charge >= 0.3 is 0 Å². The standard InChI is InChI=1S/C19H16BrI2N3O2/c1-3-4-17-24-16-6-5-12(20)9-13(16)19(26)25(17)23-10-11-7-14(21)18(27-2)15(22)8-11/h5-10H,3-4H2,1-2H3. The van der Waals surface area contributed by atoms with E-state index in [0.29, 0.717) is 23.1 Å². The Balaban J connectivity index is 2.13. The maximum atomic E-state index is 13.0. The molecule has 0 saturated heterocycles. The number of ether oxygens (including phenoxy) is 1. The molecule has 0 aliphatic rings. The zero-order chi connectivity index (χ0) is 19.6. The lowest BCUT2D eigenvalue weighted by atomic mass is 10.2. The Labute approximate surface area is 192 Å². The maximum absolute atomic E-state index is 13.0. The molecule has 0 amide bonds. The monoisotopic (exact) mass is 651 g/mol. The van der Waals surface area contributed by atoms with Gasteiger partial charge in [-0.3, -0.25) is 4.79 Å². The van der Waals surface area contributed by atoms with Crippen molar-refractivity contribution in [3.05, 3.63) is 63.7 Å². The van der Waals surface area contributed by atoms with Crippen LogP contribution in [0, 0.1) is 7.14 Å². The van der Waals surface area contributed by atoms with Crippen LogP contribution >= 0.6 is 61.1 Å². The number of hydrogen-bond acceptors (Lipinski definition) is 4. The van der Waals surface area contributed by atoms with Gasteiger partial charge in [0.25, 0.3) is 5.56 Å². The van der Waals surface area contributed by atoms with Crippen LogP contribution in [0.3, 0.4) is 0 Å². The summed E-state index contributed by atoms with van der Waals surface area (Å²) in [6.45, 7) is 2.06. The summed E-state index contributed by atoms with van der Waals surface area (Å²) in [5, 5.41) is 5.01. The van der Waals surface area contributed by atoms with Gasteiger partial charge in [-0.15, -0.1) is 0 Å². The van der Waals surface area contributed by atoms with E-state index in [1.54, 1.807) is 19.4 Å². The number of benzene rings is 2. The Morgan fingerprint density at radius 3 is 2.59 bits per heavy atom. The first-order valence-corrected chi connectivity index (χ1v) is 11.2. The lowest BCUT2D eigenvalue weighted by molar-refractivity contribution is 0.409. The summed E-state index contributed by atoms with van der Waals surface area (Å²) in [7, 11) is 1.66. The number of halogens is 3. The molecule has 0 atom stereocenters. The summed E-state index contributed by atoms with van der Waals surface area (Å²) in [5.74, 6) is 1.50. The Hall–Kier alpha value is -1.01. The minimum Gasteiger partial charge on any atom is -0.495 e. The predicted octanol–water partition coefficient (Wildman–Crippen LogP) is 5.21. The van der Waals surface area contributed by atoms with Crippen LogP contribution < -0.4 is 10.3 Å². The Morgan fingerprint density at radius 2 is 1.96 bits per heavy atom. The molecule has 140 valence electrons. The smallest absolute Gasteiger partial charge is 0.282 e. The number of nitrogens with zero attached hydrogens (tertiary/aromatic N) is 3. The lowest BCUT2D eigenvalue weighted by Crippen LogP contribution is -2.22. The van der Waals surface area contributed by atoms with Gasteiger partial charge in [0.1, 0.15) is 11.6 Å². The zero-order valence-corrected chi connectivity index (χ0v) is 20.6. The molecular weight excluding hydrogens is 636 g/mol. The van der Waals surface area contributed by atoms with E-state index in [2.05, 4.69) is 78.1 Å². The molecule has 5 nitrogen and oxygen atoms in total. The van der Waals surface area contributed by atoms with Gasteiger partial charge in [0.05, 0.1) is 31.4 Å². The molecule has 0 aliphatic carbocycles. The van der Waals surface area contributed by atoms with Crippen LogP contribution in [0.4, 0.5) is 0 Å². The summed E-state index contributed by atoms with van der Waals surface area (Å²) in [6.07, 6.45) is 3.24. The number of hydrogen-bond donors (Lipinski definition) is 0. The Bertz CT molecular complexity index is 1070. The van der Waals surface area contributed by atoms with Gasteiger partial charge in [-0.2, -0.15) is 9.78 Å². The molecule has 3 aromatic rings. The third kappa shape index (κ3) is 4.53. The second-order valence-corrected chi connectivity index (χ2v) is 9.06. The zero-order valence-electron chi connectivity index (χ0n) is 14.7. The van der Waals surface area contributed by atoms with Crippen molar-refractivity contribution in [1.82, 2.24) is 9.66 Å². The number of aryl methyl sites for hydroxylation is 1. The molecule has 27 heavy (non-hydrogen) atoms. The second-order valence-electron chi connectivity index (χ2n) is 5.82. The first-order chi connectivity index (χ1) is 12.9. The van der Waals surface area contributed by atoms with E-state index in [-0.39, 0.29) is 5.56 Å².